The lowest BCUT2D eigenvalue weighted by atomic mass is 10.2. The molecule has 2 aromatic heterocycles. The van der Waals surface area contributed by atoms with Crippen LogP contribution in [0.15, 0.2) is 47.5 Å². The smallest absolute Gasteiger partial charge is 0.294 e. The van der Waals surface area contributed by atoms with Crippen molar-refractivity contribution >= 4 is 36.5 Å². The molecule has 6 nitrogen and oxygen atoms in total. The lowest BCUT2D eigenvalue weighted by Gasteiger charge is -2.21. The molecule has 0 spiro atoms. The van der Waals surface area contributed by atoms with Gasteiger partial charge in [-0.05, 0) is 35.4 Å². The number of hydrogen-bond donors (Lipinski definition) is 1. The van der Waals surface area contributed by atoms with Crippen LogP contribution in [0, 0.1) is 6.92 Å². The maximum Gasteiger partial charge on any atom is 0.294 e. The number of halogens is 1. The van der Waals surface area contributed by atoms with Crippen molar-refractivity contribution in [2.24, 2.45) is 0 Å². The number of benzene rings is 1. The van der Waals surface area contributed by atoms with E-state index < -0.39 is 8.07 Å². The van der Waals surface area contributed by atoms with E-state index in [1.54, 1.807) is 24.1 Å². The second-order valence-corrected chi connectivity index (χ2v) is 13.4. The fourth-order valence-corrected chi connectivity index (χ4v) is 4.69. The van der Waals surface area contributed by atoms with Crippen LogP contribution >= 0.6 is 11.6 Å². The zero-order chi connectivity index (χ0) is 21.2. The van der Waals surface area contributed by atoms with Gasteiger partial charge in [-0.1, -0.05) is 49.4 Å². The Balaban J connectivity index is 1.97. The highest BCUT2D eigenvalue weighted by molar-refractivity contribution is 6.89. The summed E-state index contributed by atoms with van der Waals surface area (Å²) < 4.78 is 6.72. The van der Waals surface area contributed by atoms with Crippen molar-refractivity contribution in [1.29, 1.82) is 0 Å². The standard InChI is InChI=1S/C21H25ClN4O2Si/c1-14-10-17(29(3,4)5)19(23-11-14)25-20-21(27)26(13-18(22)24-20)12-15-6-8-16(28-2)9-7-15/h6-11,13H,12H2,1-5H3,(H,23,24,25). The summed E-state index contributed by atoms with van der Waals surface area (Å²) in [6.07, 6.45) is 3.33. The molecule has 29 heavy (non-hydrogen) atoms. The third-order valence-electron chi connectivity index (χ3n) is 4.53. The van der Waals surface area contributed by atoms with Crippen molar-refractivity contribution in [2.45, 2.75) is 33.1 Å². The summed E-state index contributed by atoms with van der Waals surface area (Å²) in [7, 11) is -0.0653. The third kappa shape index (κ3) is 5.05. The van der Waals surface area contributed by atoms with E-state index in [4.69, 9.17) is 16.3 Å². The van der Waals surface area contributed by atoms with Gasteiger partial charge in [0.25, 0.3) is 5.56 Å². The number of pyridine rings is 1. The normalized spacial score (nSPS) is 11.4. The molecular formula is C21H25ClN4O2Si. The number of aromatic nitrogens is 3. The van der Waals surface area contributed by atoms with Gasteiger partial charge in [0, 0.05) is 12.4 Å². The van der Waals surface area contributed by atoms with E-state index in [9.17, 15) is 4.79 Å². The Kier molecular flexibility index (Phi) is 6.09. The number of methoxy groups -OCH3 is 1. The molecular weight excluding hydrogens is 404 g/mol. The fraction of sp³-hybridized carbons (Fsp3) is 0.286. The Morgan fingerprint density at radius 1 is 1.17 bits per heavy atom. The average Bonchev–Trinajstić information content (AvgIpc) is 2.66. The van der Waals surface area contributed by atoms with Crippen LogP contribution in [-0.2, 0) is 6.54 Å². The largest absolute Gasteiger partial charge is 0.497 e. The van der Waals surface area contributed by atoms with Gasteiger partial charge in [-0.3, -0.25) is 4.79 Å². The second-order valence-electron chi connectivity index (χ2n) is 7.98. The highest BCUT2D eigenvalue weighted by Gasteiger charge is 2.22. The van der Waals surface area contributed by atoms with Gasteiger partial charge in [-0.25, -0.2) is 9.97 Å². The first kappa shape index (κ1) is 21.1. The Morgan fingerprint density at radius 3 is 2.48 bits per heavy atom. The Morgan fingerprint density at radius 2 is 1.86 bits per heavy atom. The number of rotatable bonds is 6. The zero-order valence-corrected chi connectivity index (χ0v) is 19.0. The molecule has 152 valence electrons. The molecule has 2 heterocycles. The molecule has 3 rings (SSSR count). The second kappa shape index (κ2) is 8.38. The van der Waals surface area contributed by atoms with Gasteiger partial charge in [0.05, 0.1) is 21.7 Å². The molecule has 1 aromatic carbocycles. The van der Waals surface area contributed by atoms with E-state index >= 15 is 0 Å². The van der Waals surface area contributed by atoms with Crippen molar-refractivity contribution in [3.8, 4) is 5.75 Å². The Bertz CT molecular complexity index is 1080. The van der Waals surface area contributed by atoms with Gasteiger partial charge < -0.3 is 14.6 Å². The first-order chi connectivity index (χ1) is 13.7. The molecule has 1 N–H and O–H groups in total. The highest BCUT2D eigenvalue weighted by Crippen LogP contribution is 2.16. The molecule has 0 unspecified atom stereocenters. The zero-order valence-electron chi connectivity index (χ0n) is 17.3. The van der Waals surface area contributed by atoms with Gasteiger partial charge in [0.15, 0.2) is 5.82 Å². The summed E-state index contributed by atoms with van der Waals surface area (Å²) in [5.74, 6) is 1.60. The summed E-state index contributed by atoms with van der Waals surface area (Å²) in [5, 5.41) is 4.51. The predicted molar refractivity (Wildman–Crippen MR) is 121 cm³/mol. The van der Waals surface area contributed by atoms with E-state index in [2.05, 4.69) is 41.0 Å². The van der Waals surface area contributed by atoms with Crippen LogP contribution in [0.3, 0.4) is 0 Å². The van der Waals surface area contributed by atoms with E-state index in [1.165, 1.54) is 0 Å². The molecule has 0 fully saturated rings. The molecule has 8 heteroatoms. The van der Waals surface area contributed by atoms with Crippen LogP contribution in [0.25, 0.3) is 0 Å². The SMILES string of the molecule is COc1ccc(Cn2cc(Cl)nc(Nc3ncc(C)cc3[Si](C)(C)C)c2=O)cc1. The monoisotopic (exact) mass is 428 g/mol. The maximum atomic E-state index is 13.0. The molecule has 3 aromatic rings. The van der Waals surface area contributed by atoms with E-state index in [0.717, 1.165) is 22.1 Å². The molecule has 0 atom stereocenters. The summed E-state index contributed by atoms with van der Waals surface area (Å²) >= 11 is 6.21. The molecule has 0 aliphatic heterocycles. The molecule has 0 aliphatic rings. The lowest BCUT2D eigenvalue weighted by Crippen LogP contribution is -2.40. The molecule has 0 saturated carbocycles. The van der Waals surface area contributed by atoms with Gasteiger partial charge in [0.1, 0.15) is 16.7 Å². The van der Waals surface area contributed by atoms with Crippen LogP contribution in [0.5, 0.6) is 5.75 Å². The van der Waals surface area contributed by atoms with Crippen molar-refractivity contribution in [2.75, 3.05) is 12.4 Å². The van der Waals surface area contributed by atoms with Crippen molar-refractivity contribution in [3.63, 3.8) is 0 Å². The van der Waals surface area contributed by atoms with Crippen LogP contribution in [0.2, 0.25) is 24.8 Å². The maximum absolute atomic E-state index is 13.0. The van der Waals surface area contributed by atoms with Crippen molar-refractivity contribution in [3.05, 3.63) is 69.4 Å². The minimum Gasteiger partial charge on any atom is -0.497 e. The molecule has 0 aliphatic carbocycles. The molecule has 0 saturated heterocycles. The summed E-state index contributed by atoms with van der Waals surface area (Å²) in [5.41, 5.74) is 1.79. The number of hydrogen-bond acceptors (Lipinski definition) is 5. The Labute approximate surface area is 176 Å². The summed E-state index contributed by atoms with van der Waals surface area (Å²) in [6.45, 7) is 9.10. The van der Waals surface area contributed by atoms with Crippen molar-refractivity contribution < 1.29 is 4.74 Å². The third-order valence-corrected chi connectivity index (χ3v) is 6.70. The molecule has 0 radical (unpaired) electrons. The predicted octanol–water partition coefficient (Wildman–Crippen LogP) is 3.95. The summed E-state index contributed by atoms with van der Waals surface area (Å²) in [6, 6.07) is 9.68. The van der Waals surface area contributed by atoms with Crippen LogP contribution in [0.1, 0.15) is 11.1 Å². The van der Waals surface area contributed by atoms with Gasteiger partial charge in [0.2, 0.25) is 0 Å². The number of nitrogens with one attached hydrogen (secondary N) is 1. The fourth-order valence-electron chi connectivity index (χ4n) is 2.99. The topological polar surface area (TPSA) is 69.0 Å². The van der Waals surface area contributed by atoms with Crippen molar-refractivity contribution in [1.82, 2.24) is 14.5 Å². The number of anilines is 2. The summed E-state index contributed by atoms with van der Waals surface area (Å²) in [4.78, 5) is 21.8. The van der Waals surface area contributed by atoms with E-state index in [1.807, 2.05) is 31.2 Å². The average molecular weight is 429 g/mol. The number of ether oxygens (including phenoxy) is 1. The van der Waals surface area contributed by atoms with E-state index in [0.29, 0.717) is 12.4 Å². The quantitative estimate of drug-likeness (QED) is 0.602. The number of nitrogens with zero attached hydrogens (tertiary/aromatic N) is 3. The van der Waals surface area contributed by atoms with Gasteiger partial charge in [-0.15, -0.1) is 0 Å². The lowest BCUT2D eigenvalue weighted by molar-refractivity contribution is 0.414. The first-order valence-corrected chi connectivity index (χ1v) is 13.2. The van der Waals surface area contributed by atoms with Crippen LogP contribution in [-0.4, -0.2) is 29.7 Å². The molecule has 0 amide bonds. The van der Waals surface area contributed by atoms with E-state index in [-0.39, 0.29) is 16.5 Å². The van der Waals surface area contributed by atoms with Gasteiger partial charge in [-0.2, -0.15) is 0 Å². The highest BCUT2D eigenvalue weighted by atomic mass is 35.5. The minimum atomic E-state index is -1.68. The molecule has 0 bridgehead atoms. The minimum absolute atomic E-state index is 0.168. The Hall–Kier alpha value is -2.64. The van der Waals surface area contributed by atoms with Crippen LogP contribution < -0.4 is 20.8 Å². The number of aryl methyl sites for hydroxylation is 1. The van der Waals surface area contributed by atoms with Crippen LogP contribution in [0.4, 0.5) is 11.6 Å². The first-order valence-electron chi connectivity index (χ1n) is 9.31. The van der Waals surface area contributed by atoms with Gasteiger partial charge >= 0.3 is 0 Å².